The minimum Gasteiger partial charge on any atom is -0.444 e. The standard InChI is InChI=1S/C17H28N2O3/c1-16(2,3)22-15(21)18-13-11-17(8-9-17)7-6-12-5-4-10-19(12)14(13)20/h12-13H,4-11H2,1-3H3,(H,18,21)/t12-,13+/m1/s1. The second kappa shape index (κ2) is 5.43. The Morgan fingerprint density at radius 1 is 1.27 bits per heavy atom. The van der Waals surface area contributed by atoms with E-state index in [4.69, 9.17) is 4.74 Å². The van der Waals surface area contributed by atoms with Crippen LogP contribution in [-0.4, -0.2) is 41.1 Å². The first-order valence-electron chi connectivity index (χ1n) is 8.58. The molecule has 124 valence electrons. The molecule has 0 unspecified atom stereocenters. The first kappa shape index (κ1) is 15.6. The largest absolute Gasteiger partial charge is 0.444 e. The molecule has 22 heavy (non-hydrogen) atoms. The minimum absolute atomic E-state index is 0.0966. The number of hydrogen-bond acceptors (Lipinski definition) is 3. The lowest BCUT2D eigenvalue weighted by Gasteiger charge is -2.35. The van der Waals surface area contributed by atoms with Crippen molar-refractivity contribution in [2.24, 2.45) is 5.41 Å². The van der Waals surface area contributed by atoms with Gasteiger partial charge in [-0.05, 0) is 71.1 Å². The predicted molar refractivity (Wildman–Crippen MR) is 83.4 cm³/mol. The highest BCUT2D eigenvalue weighted by molar-refractivity contribution is 5.86. The lowest BCUT2D eigenvalue weighted by Crippen LogP contribution is -2.53. The van der Waals surface area contributed by atoms with Crippen LogP contribution in [0.4, 0.5) is 4.79 Å². The zero-order chi connectivity index (χ0) is 16.0. The van der Waals surface area contributed by atoms with E-state index in [-0.39, 0.29) is 5.91 Å². The van der Waals surface area contributed by atoms with Gasteiger partial charge in [0, 0.05) is 12.6 Å². The van der Waals surface area contributed by atoms with E-state index in [1.807, 2.05) is 25.7 Å². The monoisotopic (exact) mass is 308 g/mol. The van der Waals surface area contributed by atoms with Crippen LogP contribution in [0, 0.1) is 5.41 Å². The molecular formula is C17H28N2O3. The normalized spacial score (nSPS) is 30.5. The minimum atomic E-state index is -0.539. The van der Waals surface area contributed by atoms with Gasteiger partial charge in [-0.3, -0.25) is 4.79 Å². The number of carbonyl (C=O) groups is 2. The molecule has 2 heterocycles. The average molecular weight is 308 g/mol. The van der Waals surface area contributed by atoms with Crippen molar-refractivity contribution >= 4 is 12.0 Å². The molecule has 1 saturated carbocycles. The Kier molecular flexibility index (Phi) is 3.86. The Balaban J connectivity index is 1.71. The molecule has 1 N–H and O–H groups in total. The molecule has 3 fully saturated rings. The Bertz CT molecular complexity index is 465. The molecule has 0 radical (unpaired) electrons. The van der Waals surface area contributed by atoms with E-state index in [2.05, 4.69) is 5.32 Å². The van der Waals surface area contributed by atoms with Gasteiger partial charge in [0.15, 0.2) is 0 Å². The molecule has 0 aromatic carbocycles. The molecular weight excluding hydrogens is 280 g/mol. The van der Waals surface area contributed by atoms with Gasteiger partial charge in [0.2, 0.25) is 5.91 Å². The summed E-state index contributed by atoms with van der Waals surface area (Å²) in [5, 5.41) is 2.85. The summed E-state index contributed by atoms with van der Waals surface area (Å²) in [7, 11) is 0. The number of hydrogen-bond donors (Lipinski definition) is 1. The molecule has 2 aliphatic heterocycles. The van der Waals surface area contributed by atoms with E-state index in [9.17, 15) is 9.59 Å². The van der Waals surface area contributed by atoms with Crippen LogP contribution >= 0.6 is 0 Å². The maximum Gasteiger partial charge on any atom is 0.408 e. The lowest BCUT2D eigenvalue weighted by molar-refractivity contribution is -0.136. The summed E-state index contributed by atoms with van der Waals surface area (Å²) < 4.78 is 5.34. The van der Waals surface area contributed by atoms with Crippen molar-refractivity contribution in [3.05, 3.63) is 0 Å². The van der Waals surface area contributed by atoms with Crippen molar-refractivity contribution in [2.75, 3.05) is 6.54 Å². The van der Waals surface area contributed by atoms with E-state index in [1.165, 1.54) is 19.3 Å². The molecule has 2 amide bonds. The van der Waals surface area contributed by atoms with Crippen molar-refractivity contribution in [3.8, 4) is 0 Å². The molecule has 1 aliphatic carbocycles. The van der Waals surface area contributed by atoms with E-state index >= 15 is 0 Å². The van der Waals surface area contributed by atoms with E-state index < -0.39 is 17.7 Å². The Hall–Kier alpha value is -1.26. The van der Waals surface area contributed by atoms with Crippen LogP contribution in [0.15, 0.2) is 0 Å². The topological polar surface area (TPSA) is 58.6 Å². The molecule has 2 atom stereocenters. The maximum atomic E-state index is 12.9. The molecule has 3 aliphatic rings. The number of carbonyl (C=O) groups excluding carboxylic acids is 2. The zero-order valence-corrected chi connectivity index (χ0v) is 14.0. The first-order valence-corrected chi connectivity index (χ1v) is 8.58. The van der Waals surface area contributed by atoms with E-state index in [1.54, 1.807) is 0 Å². The Morgan fingerprint density at radius 3 is 2.64 bits per heavy atom. The summed E-state index contributed by atoms with van der Waals surface area (Å²) >= 11 is 0. The zero-order valence-electron chi connectivity index (χ0n) is 14.0. The molecule has 0 aromatic rings. The van der Waals surface area contributed by atoms with Crippen LogP contribution in [0.1, 0.15) is 65.7 Å². The molecule has 2 saturated heterocycles. The van der Waals surface area contributed by atoms with Gasteiger partial charge in [-0.2, -0.15) is 0 Å². The number of nitrogens with one attached hydrogen (secondary N) is 1. The Morgan fingerprint density at radius 2 is 2.00 bits per heavy atom. The van der Waals surface area contributed by atoms with Crippen molar-refractivity contribution in [1.82, 2.24) is 10.2 Å². The Labute approximate surface area is 132 Å². The molecule has 0 bridgehead atoms. The van der Waals surface area contributed by atoms with Crippen molar-refractivity contribution in [3.63, 3.8) is 0 Å². The number of rotatable bonds is 1. The van der Waals surface area contributed by atoms with E-state index in [0.29, 0.717) is 11.5 Å². The second-order valence-electron chi connectivity index (χ2n) is 8.27. The summed E-state index contributed by atoms with van der Waals surface area (Å²) in [6.45, 7) is 6.35. The van der Waals surface area contributed by atoms with Crippen LogP contribution in [0.5, 0.6) is 0 Å². The average Bonchev–Trinajstić information content (AvgIpc) is 3.00. The van der Waals surface area contributed by atoms with Crippen molar-refractivity contribution in [2.45, 2.75) is 83.4 Å². The molecule has 0 aromatic heterocycles. The van der Waals surface area contributed by atoms with Crippen LogP contribution in [0.3, 0.4) is 0 Å². The smallest absolute Gasteiger partial charge is 0.408 e. The van der Waals surface area contributed by atoms with Gasteiger partial charge in [-0.25, -0.2) is 4.79 Å². The van der Waals surface area contributed by atoms with Crippen LogP contribution in [0.25, 0.3) is 0 Å². The molecule has 5 nitrogen and oxygen atoms in total. The fourth-order valence-electron chi connectivity index (χ4n) is 3.91. The van der Waals surface area contributed by atoms with Crippen molar-refractivity contribution < 1.29 is 14.3 Å². The highest BCUT2D eigenvalue weighted by Gasteiger charge is 2.49. The van der Waals surface area contributed by atoms with Gasteiger partial charge in [-0.15, -0.1) is 0 Å². The molecule has 5 heteroatoms. The number of nitrogens with zero attached hydrogens (tertiary/aromatic N) is 1. The van der Waals surface area contributed by atoms with Gasteiger partial charge in [0.05, 0.1) is 0 Å². The van der Waals surface area contributed by atoms with E-state index in [0.717, 1.165) is 32.2 Å². The first-order chi connectivity index (χ1) is 10.3. The van der Waals surface area contributed by atoms with Crippen LogP contribution in [0.2, 0.25) is 0 Å². The summed E-state index contributed by atoms with van der Waals surface area (Å²) in [6.07, 6.45) is 7.20. The summed E-state index contributed by atoms with van der Waals surface area (Å²) in [5.74, 6) is 0.0966. The number of amides is 2. The number of fused-ring (bicyclic) bond motifs is 1. The van der Waals surface area contributed by atoms with Gasteiger partial charge >= 0.3 is 6.09 Å². The van der Waals surface area contributed by atoms with Crippen LogP contribution < -0.4 is 5.32 Å². The summed E-state index contributed by atoms with van der Waals surface area (Å²) in [4.78, 5) is 26.9. The van der Waals surface area contributed by atoms with Gasteiger partial charge < -0.3 is 15.0 Å². The van der Waals surface area contributed by atoms with Gasteiger partial charge in [0.25, 0.3) is 0 Å². The lowest BCUT2D eigenvalue weighted by atomic mass is 9.87. The molecule has 3 rings (SSSR count). The highest BCUT2D eigenvalue weighted by Crippen LogP contribution is 2.55. The predicted octanol–water partition coefficient (Wildman–Crippen LogP) is 2.83. The maximum absolute atomic E-state index is 12.9. The van der Waals surface area contributed by atoms with Crippen molar-refractivity contribution in [1.29, 1.82) is 0 Å². The quantitative estimate of drug-likeness (QED) is 0.810. The highest BCUT2D eigenvalue weighted by atomic mass is 16.6. The van der Waals surface area contributed by atoms with Gasteiger partial charge in [-0.1, -0.05) is 0 Å². The number of ether oxygens (including phenoxy) is 1. The third kappa shape index (κ3) is 3.39. The summed E-state index contributed by atoms with van der Waals surface area (Å²) in [6, 6.07) is -0.0357. The second-order valence-corrected chi connectivity index (χ2v) is 8.27. The summed E-state index contributed by atoms with van der Waals surface area (Å²) in [5.41, 5.74) is -0.244. The number of alkyl carbamates (subject to hydrolysis) is 1. The van der Waals surface area contributed by atoms with Gasteiger partial charge in [0.1, 0.15) is 11.6 Å². The third-order valence-electron chi connectivity index (χ3n) is 5.25. The van der Waals surface area contributed by atoms with Crippen LogP contribution in [-0.2, 0) is 9.53 Å². The third-order valence-corrected chi connectivity index (χ3v) is 5.25. The SMILES string of the molecule is CC(C)(C)OC(=O)N[C@H]1CC2(CC[C@H]3CCCN3C1=O)CC2. The fourth-order valence-corrected chi connectivity index (χ4v) is 3.91. The molecule has 1 spiro atoms. The fraction of sp³-hybridized carbons (Fsp3) is 0.882.